The third kappa shape index (κ3) is 3.94. The minimum absolute atomic E-state index is 0.192. The van der Waals surface area contributed by atoms with Crippen molar-refractivity contribution >= 4 is 16.9 Å². The normalized spacial score (nSPS) is 11.8. The molecule has 0 spiro atoms. The van der Waals surface area contributed by atoms with Gasteiger partial charge in [0.25, 0.3) is 5.91 Å². The fourth-order valence-corrected chi connectivity index (χ4v) is 3.80. The van der Waals surface area contributed by atoms with Crippen molar-refractivity contribution in [3.63, 3.8) is 0 Å². The molecule has 5 aromatic rings. The number of aromatic amines is 1. The van der Waals surface area contributed by atoms with Crippen LogP contribution in [-0.4, -0.2) is 42.2 Å². The fourth-order valence-electron chi connectivity index (χ4n) is 3.80. The zero-order valence-corrected chi connectivity index (χ0v) is 18.0. The lowest BCUT2D eigenvalue weighted by molar-refractivity contribution is -0.137. The molecule has 0 saturated heterocycles. The van der Waals surface area contributed by atoms with Gasteiger partial charge in [0.15, 0.2) is 5.82 Å². The van der Waals surface area contributed by atoms with E-state index in [0.29, 0.717) is 11.6 Å². The second kappa shape index (κ2) is 8.22. The van der Waals surface area contributed by atoms with Crippen molar-refractivity contribution in [3.8, 4) is 11.5 Å². The number of nitrogens with zero attached hydrogens (tertiary/aromatic N) is 5. The van der Waals surface area contributed by atoms with E-state index in [-0.39, 0.29) is 23.7 Å². The van der Waals surface area contributed by atoms with E-state index in [1.807, 2.05) is 24.3 Å². The molecule has 5 rings (SSSR count). The van der Waals surface area contributed by atoms with Crippen molar-refractivity contribution in [3.05, 3.63) is 96.2 Å². The highest BCUT2D eigenvalue weighted by atomic mass is 19.4. The van der Waals surface area contributed by atoms with Crippen LogP contribution in [0.15, 0.2) is 79.3 Å². The van der Waals surface area contributed by atoms with Gasteiger partial charge >= 0.3 is 6.18 Å². The van der Waals surface area contributed by atoms with Crippen LogP contribution in [0.1, 0.15) is 21.7 Å². The largest absolute Gasteiger partial charge is 0.416 e. The monoisotopic (exact) mass is 464 g/mol. The SMILES string of the molecule is CN(Cc1nc2ccccc2[nH]1)C(=O)c1cnn(-c2cccc(C(F)(F)F)c2)c1-n1cccc1. The van der Waals surface area contributed by atoms with Gasteiger partial charge in [-0.05, 0) is 42.5 Å². The highest BCUT2D eigenvalue weighted by Gasteiger charge is 2.31. The molecule has 10 heteroatoms. The van der Waals surface area contributed by atoms with E-state index < -0.39 is 11.7 Å². The molecule has 0 aliphatic carbocycles. The Balaban J connectivity index is 1.52. The number of carbonyl (C=O) groups excluding carboxylic acids is 1. The number of H-pyrrole nitrogens is 1. The van der Waals surface area contributed by atoms with Crippen LogP contribution in [0.25, 0.3) is 22.5 Å². The Kier molecular flexibility index (Phi) is 5.20. The maximum atomic E-state index is 13.4. The first-order valence-corrected chi connectivity index (χ1v) is 10.4. The van der Waals surface area contributed by atoms with Crippen LogP contribution in [0.2, 0.25) is 0 Å². The maximum absolute atomic E-state index is 13.4. The van der Waals surface area contributed by atoms with Crippen molar-refractivity contribution in [1.82, 2.24) is 29.2 Å². The minimum atomic E-state index is -4.50. The van der Waals surface area contributed by atoms with E-state index in [2.05, 4.69) is 15.1 Å². The molecule has 0 fully saturated rings. The number of para-hydroxylation sites is 2. The molecular formula is C24H19F3N6O. The second-order valence-corrected chi connectivity index (χ2v) is 7.79. The van der Waals surface area contributed by atoms with Gasteiger partial charge in [0, 0.05) is 19.4 Å². The third-order valence-electron chi connectivity index (χ3n) is 5.41. The van der Waals surface area contributed by atoms with Crippen LogP contribution in [0.4, 0.5) is 13.2 Å². The summed E-state index contributed by atoms with van der Waals surface area (Å²) in [5.74, 6) is 0.609. The highest BCUT2D eigenvalue weighted by molar-refractivity contribution is 5.97. The predicted octanol–water partition coefficient (Wildman–Crippen LogP) is 4.83. The van der Waals surface area contributed by atoms with E-state index in [1.54, 1.807) is 36.1 Å². The van der Waals surface area contributed by atoms with Crippen LogP contribution in [0.3, 0.4) is 0 Å². The Bertz CT molecular complexity index is 1430. The van der Waals surface area contributed by atoms with Crippen molar-refractivity contribution in [2.75, 3.05) is 7.05 Å². The summed E-state index contributed by atoms with van der Waals surface area (Å²) in [6.07, 6.45) is 0.281. The number of hydrogen-bond acceptors (Lipinski definition) is 3. The number of amides is 1. The lowest BCUT2D eigenvalue weighted by atomic mass is 10.2. The summed E-state index contributed by atoms with van der Waals surface area (Å²) in [7, 11) is 1.64. The van der Waals surface area contributed by atoms with Gasteiger partial charge in [-0.2, -0.15) is 18.3 Å². The molecule has 0 aliphatic heterocycles. The Labute approximate surface area is 192 Å². The molecule has 172 valence electrons. The van der Waals surface area contributed by atoms with Gasteiger partial charge in [-0.25, -0.2) is 9.67 Å². The molecular weight excluding hydrogens is 445 g/mol. The zero-order valence-electron chi connectivity index (χ0n) is 18.0. The molecule has 0 atom stereocenters. The van der Waals surface area contributed by atoms with Gasteiger partial charge in [-0.15, -0.1) is 0 Å². The van der Waals surface area contributed by atoms with E-state index in [1.165, 1.54) is 27.9 Å². The molecule has 0 bridgehead atoms. The van der Waals surface area contributed by atoms with Gasteiger partial charge in [-0.1, -0.05) is 18.2 Å². The van der Waals surface area contributed by atoms with E-state index in [9.17, 15) is 18.0 Å². The topological polar surface area (TPSA) is 71.7 Å². The quantitative estimate of drug-likeness (QED) is 0.405. The molecule has 3 heterocycles. The molecule has 1 amide bonds. The van der Waals surface area contributed by atoms with Crippen LogP contribution in [0, 0.1) is 0 Å². The van der Waals surface area contributed by atoms with Crippen LogP contribution < -0.4 is 0 Å². The van der Waals surface area contributed by atoms with E-state index in [0.717, 1.165) is 23.2 Å². The Morgan fingerprint density at radius 1 is 1.06 bits per heavy atom. The highest BCUT2D eigenvalue weighted by Crippen LogP contribution is 2.31. The van der Waals surface area contributed by atoms with Crippen molar-refractivity contribution < 1.29 is 18.0 Å². The molecule has 0 aliphatic rings. The molecule has 7 nitrogen and oxygen atoms in total. The molecule has 1 N–H and O–H groups in total. The number of imidazole rings is 1. The van der Waals surface area contributed by atoms with Crippen molar-refractivity contribution in [1.29, 1.82) is 0 Å². The fraction of sp³-hybridized carbons (Fsp3) is 0.125. The van der Waals surface area contributed by atoms with Gasteiger partial charge in [-0.3, -0.25) is 4.79 Å². The van der Waals surface area contributed by atoms with Gasteiger partial charge in [0.05, 0.1) is 35.0 Å². The number of nitrogens with one attached hydrogen (secondary N) is 1. The Morgan fingerprint density at radius 3 is 2.56 bits per heavy atom. The second-order valence-electron chi connectivity index (χ2n) is 7.79. The zero-order chi connectivity index (χ0) is 23.9. The molecule has 0 unspecified atom stereocenters. The summed E-state index contributed by atoms with van der Waals surface area (Å²) in [6, 6.07) is 15.9. The summed E-state index contributed by atoms with van der Waals surface area (Å²) in [4.78, 5) is 22.6. The van der Waals surface area contributed by atoms with Crippen molar-refractivity contribution in [2.24, 2.45) is 0 Å². The predicted molar refractivity (Wildman–Crippen MR) is 120 cm³/mol. The number of fused-ring (bicyclic) bond motifs is 1. The smallest absolute Gasteiger partial charge is 0.340 e. The molecule has 2 aromatic carbocycles. The summed E-state index contributed by atoms with van der Waals surface area (Å²) >= 11 is 0. The number of hydrogen-bond donors (Lipinski definition) is 1. The van der Waals surface area contributed by atoms with E-state index >= 15 is 0 Å². The molecule has 3 aromatic heterocycles. The average molecular weight is 464 g/mol. The Hall–Kier alpha value is -4.34. The number of rotatable bonds is 5. The van der Waals surface area contributed by atoms with Gasteiger partial charge in [0.1, 0.15) is 11.4 Å². The number of halogens is 3. The first-order valence-electron chi connectivity index (χ1n) is 10.4. The lowest BCUT2D eigenvalue weighted by Gasteiger charge is -2.17. The number of benzene rings is 2. The summed E-state index contributed by atoms with van der Waals surface area (Å²) in [5, 5.41) is 4.27. The number of alkyl halides is 3. The summed E-state index contributed by atoms with van der Waals surface area (Å²) in [6.45, 7) is 0.216. The first kappa shape index (κ1) is 21.5. The van der Waals surface area contributed by atoms with Gasteiger partial charge < -0.3 is 14.5 Å². The van der Waals surface area contributed by atoms with E-state index in [4.69, 9.17) is 0 Å². The third-order valence-corrected chi connectivity index (χ3v) is 5.41. The summed E-state index contributed by atoms with van der Waals surface area (Å²) < 4.78 is 42.8. The molecule has 34 heavy (non-hydrogen) atoms. The molecule has 0 saturated carbocycles. The Morgan fingerprint density at radius 2 is 1.82 bits per heavy atom. The minimum Gasteiger partial charge on any atom is -0.340 e. The standard InChI is InChI=1S/C24H19F3N6O/c1-31(15-21-29-19-9-2-3-10-20(19)30-21)23(34)18-14-28-33(22(18)32-11-4-5-12-32)17-8-6-7-16(13-17)24(25,26)27/h2-14H,15H2,1H3,(H,29,30). The maximum Gasteiger partial charge on any atom is 0.416 e. The number of carbonyl (C=O) groups is 1. The van der Waals surface area contributed by atoms with Crippen LogP contribution in [-0.2, 0) is 12.7 Å². The average Bonchev–Trinajstić information content (AvgIpc) is 3.56. The summed E-state index contributed by atoms with van der Waals surface area (Å²) in [5.41, 5.74) is 1.30. The lowest BCUT2D eigenvalue weighted by Crippen LogP contribution is -2.27. The van der Waals surface area contributed by atoms with Gasteiger partial charge in [0.2, 0.25) is 0 Å². The van der Waals surface area contributed by atoms with Crippen LogP contribution in [0.5, 0.6) is 0 Å². The van der Waals surface area contributed by atoms with Crippen LogP contribution >= 0.6 is 0 Å². The number of aromatic nitrogens is 5. The molecule has 0 radical (unpaired) electrons. The van der Waals surface area contributed by atoms with Crippen molar-refractivity contribution in [2.45, 2.75) is 12.7 Å². The first-order chi connectivity index (χ1) is 16.3.